The Hall–Kier alpha value is -4.10. The number of hydrogen-bond acceptors (Lipinski definition) is 7. The van der Waals surface area contributed by atoms with Crippen LogP contribution in [0, 0.1) is 6.92 Å². The van der Waals surface area contributed by atoms with E-state index in [0.717, 1.165) is 29.1 Å². The highest BCUT2D eigenvalue weighted by molar-refractivity contribution is 5.88. The number of rotatable bonds is 8. The van der Waals surface area contributed by atoms with Crippen molar-refractivity contribution in [3.63, 3.8) is 0 Å². The van der Waals surface area contributed by atoms with E-state index in [0.29, 0.717) is 24.7 Å². The zero-order chi connectivity index (χ0) is 24.8. The molecule has 0 bridgehead atoms. The third kappa shape index (κ3) is 6.28. The van der Waals surface area contributed by atoms with E-state index in [1.54, 1.807) is 18.3 Å². The number of hydrogen-bond donors (Lipinski definition) is 3. The maximum absolute atomic E-state index is 9.73. The van der Waals surface area contributed by atoms with Gasteiger partial charge < -0.3 is 26.0 Å². The van der Waals surface area contributed by atoms with Gasteiger partial charge >= 0.3 is 0 Å². The summed E-state index contributed by atoms with van der Waals surface area (Å²) in [5.74, 6) is 0.721. The van der Waals surface area contributed by atoms with Crippen molar-refractivity contribution in [2.24, 2.45) is 5.73 Å². The smallest absolute Gasteiger partial charge is 0.223 e. The summed E-state index contributed by atoms with van der Waals surface area (Å²) in [5, 5.41) is 13.0. The number of anilines is 1. The molecule has 1 aliphatic rings. The van der Waals surface area contributed by atoms with Crippen LogP contribution in [0.15, 0.2) is 84.7 Å². The summed E-state index contributed by atoms with van der Waals surface area (Å²) in [6.45, 7) is 4.12. The van der Waals surface area contributed by atoms with E-state index in [4.69, 9.17) is 10.7 Å². The van der Waals surface area contributed by atoms with E-state index in [1.165, 1.54) is 11.1 Å². The van der Waals surface area contributed by atoms with E-state index in [1.807, 2.05) is 30.3 Å². The minimum atomic E-state index is 0.230. The van der Waals surface area contributed by atoms with Crippen molar-refractivity contribution in [1.29, 1.82) is 0 Å². The van der Waals surface area contributed by atoms with Gasteiger partial charge in [0.25, 0.3) is 0 Å². The SMILES string of the molecule is Cc1ccc(/C(N)=C(\c2ccnc(NCc3cccc(O)c3)n2)N2C=CC(CN(C)C)=CC2)cc1. The molecule has 0 unspecified atom stereocenters. The molecule has 180 valence electrons. The van der Waals surface area contributed by atoms with Crippen molar-refractivity contribution in [2.75, 3.05) is 32.5 Å². The number of benzene rings is 2. The summed E-state index contributed by atoms with van der Waals surface area (Å²) in [7, 11) is 4.13. The predicted molar refractivity (Wildman–Crippen MR) is 142 cm³/mol. The molecule has 0 fully saturated rings. The third-order valence-electron chi connectivity index (χ3n) is 5.68. The Bertz CT molecular complexity index is 1260. The highest BCUT2D eigenvalue weighted by Gasteiger charge is 2.19. The Morgan fingerprint density at radius 3 is 2.63 bits per heavy atom. The molecular weight excluding hydrogens is 436 g/mol. The minimum Gasteiger partial charge on any atom is -0.508 e. The number of nitrogens with zero attached hydrogens (tertiary/aromatic N) is 4. The van der Waals surface area contributed by atoms with Gasteiger partial charge in [-0.05, 0) is 62.0 Å². The van der Waals surface area contributed by atoms with Gasteiger partial charge in [-0.25, -0.2) is 9.97 Å². The highest BCUT2D eigenvalue weighted by atomic mass is 16.3. The zero-order valence-electron chi connectivity index (χ0n) is 20.4. The Labute approximate surface area is 206 Å². The highest BCUT2D eigenvalue weighted by Crippen LogP contribution is 2.28. The van der Waals surface area contributed by atoms with Crippen LogP contribution < -0.4 is 11.1 Å². The number of aromatic hydroxyl groups is 1. The Morgan fingerprint density at radius 2 is 1.94 bits per heavy atom. The fraction of sp³-hybridized carbons (Fsp3) is 0.214. The second-order valence-electron chi connectivity index (χ2n) is 8.90. The van der Waals surface area contributed by atoms with E-state index < -0.39 is 0 Å². The summed E-state index contributed by atoms with van der Waals surface area (Å²) >= 11 is 0. The molecule has 0 amide bonds. The maximum Gasteiger partial charge on any atom is 0.223 e. The molecule has 0 spiro atoms. The predicted octanol–water partition coefficient (Wildman–Crippen LogP) is 4.20. The van der Waals surface area contributed by atoms with Gasteiger partial charge in [0, 0.05) is 32.0 Å². The average Bonchev–Trinajstić information content (AvgIpc) is 2.84. The molecule has 0 aliphatic carbocycles. The quantitative estimate of drug-likeness (QED) is 0.456. The lowest BCUT2D eigenvalue weighted by Gasteiger charge is -2.28. The van der Waals surface area contributed by atoms with Crippen molar-refractivity contribution >= 4 is 17.3 Å². The third-order valence-corrected chi connectivity index (χ3v) is 5.68. The molecule has 4 rings (SSSR count). The van der Waals surface area contributed by atoms with Crippen molar-refractivity contribution in [1.82, 2.24) is 19.8 Å². The van der Waals surface area contributed by atoms with Crippen LogP contribution in [0.2, 0.25) is 0 Å². The fourth-order valence-corrected chi connectivity index (χ4v) is 3.91. The van der Waals surface area contributed by atoms with Gasteiger partial charge in [0.15, 0.2) is 0 Å². The lowest BCUT2D eigenvalue weighted by Crippen LogP contribution is -2.24. The summed E-state index contributed by atoms with van der Waals surface area (Å²) in [4.78, 5) is 13.5. The largest absolute Gasteiger partial charge is 0.508 e. The molecule has 0 saturated heterocycles. The second kappa shape index (κ2) is 10.9. The first-order chi connectivity index (χ1) is 16.9. The molecule has 35 heavy (non-hydrogen) atoms. The van der Waals surface area contributed by atoms with Gasteiger partial charge in [-0.2, -0.15) is 0 Å². The molecule has 1 aliphatic heterocycles. The number of phenolic OH excluding ortho intramolecular Hbond substituents is 1. The molecule has 3 aromatic rings. The number of aryl methyl sites for hydroxylation is 1. The van der Waals surface area contributed by atoms with Crippen LogP contribution in [0.3, 0.4) is 0 Å². The molecule has 2 aromatic carbocycles. The number of nitrogens with one attached hydrogen (secondary N) is 1. The van der Waals surface area contributed by atoms with Crippen LogP contribution in [-0.2, 0) is 6.54 Å². The summed E-state index contributed by atoms with van der Waals surface area (Å²) in [5.41, 5.74) is 13.3. The van der Waals surface area contributed by atoms with E-state index in [-0.39, 0.29) is 5.75 Å². The van der Waals surface area contributed by atoms with E-state index >= 15 is 0 Å². The van der Waals surface area contributed by atoms with Crippen LogP contribution >= 0.6 is 0 Å². The summed E-state index contributed by atoms with van der Waals surface area (Å²) in [6.07, 6.45) is 8.13. The monoisotopic (exact) mass is 468 g/mol. The molecule has 1 aromatic heterocycles. The molecule has 0 radical (unpaired) electrons. The van der Waals surface area contributed by atoms with Crippen LogP contribution in [0.5, 0.6) is 5.75 Å². The van der Waals surface area contributed by atoms with Crippen LogP contribution in [0.1, 0.15) is 22.4 Å². The number of phenols is 1. The normalized spacial score (nSPS) is 14.1. The summed E-state index contributed by atoms with van der Waals surface area (Å²) < 4.78 is 0. The van der Waals surface area contributed by atoms with Crippen LogP contribution in [-0.4, -0.2) is 52.1 Å². The number of likely N-dealkylation sites (N-methyl/N-ethyl adjacent to an activating group) is 1. The van der Waals surface area contributed by atoms with Crippen molar-refractivity contribution in [3.05, 3.63) is 107 Å². The van der Waals surface area contributed by atoms with Gasteiger partial charge in [0.05, 0.1) is 17.1 Å². The standard InChI is InChI=1S/C28H32N6O/c1-20-7-9-23(10-8-20)26(29)27(34-15-12-21(13-16-34)19-33(2)3)25-11-14-30-28(32-25)31-18-22-5-4-6-24(35)17-22/h4-15,17,35H,16,18-19,29H2,1-3H3,(H,30,31,32)/b27-26-. The minimum absolute atomic E-state index is 0.230. The van der Waals surface area contributed by atoms with Crippen molar-refractivity contribution < 1.29 is 5.11 Å². The first kappa shape index (κ1) is 24.0. The molecular formula is C28H32N6O. The Morgan fingerprint density at radius 1 is 1.14 bits per heavy atom. The Balaban J connectivity index is 1.66. The van der Waals surface area contributed by atoms with Gasteiger partial charge in [-0.3, -0.25) is 0 Å². The van der Waals surface area contributed by atoms with Crippen molar-refractivity contribution in [3.8, 4) is 5.75 Å². The van der Waals surface area contributed by atoms with E-state index in [2.05, 4.69) is 71.6 Å². The average molecular weight is 469 g/mol. The summed E-state index contributed by atoms with van der Waals surface area (Å²) in [6, 6.07) is 17.2. The molecule has 4 N–H and O–H groups in total. The maximum atomic E-state index is 9.73. The molecule has 7 nitrogen and oxygen atoms in total. The second-order valence-corrected chi connectivity index (χ2v) is 8.90. The van der Waals surface area contributed by atoms with E-state index in [9.17, 15) is 5.11 Å². The first-order valence-corrected chi connectivity index (χ1v) is 11.6. The number of nitrogens with two attached hydrogens (primary N) is 1. The topological polar surface area (TPSA) is 90.5 Å². The van der Waals surface area contributed by atoms with Gasteiger partial charge in [-0.1, -0.05) is 48.0 Å². The van der Waals surface area contributed by atoms with Gasteiger partial charge in [0.1, 0.15) is 5.75 Å². The molecule has 0 atom stereocenters. The Kier molecular flexibility index (Phi) is 7.48. The molecule has 2 heterocycles. The first-order valence-electron chi connectivity index (χ1n) is 11.6. The van der Waals surface area contributed by atoms with Gasteiger partial charge in [-0.15, -0.1) is 0 Å². The van der Waals surface area contributed by atoms with Crippen LogP contribution in [0.4, 0.5) is 5.95 Å². The fourth-order valence-electron chi connectivity index (χ4n) is 3.91. The lowest BCUT2D eigenvalue weighted by atomic mass is 10.1. The number of aromatic nitrogens is 2. The lowest BCUT2D eigenvalue weighted by molar-refractivity contribution is 0.444. The molecule has 0 saturated carbocycles. The zero-order valence-corrected chi connectivity index (χ0v) is 20.4. The van der Waals surface area contributed by atoms with Crippen molar-refractivity contribution in [2.45, 2.75) is 13.5 Å². The van der Waals surface area contributed by atoms with Gasteiger partial charge in [0.2, 0.25) is 5.95 Å². The molecule has 7 heteroatoms. The van der Waals surface area contributed by atoms with Crippen LogP contribution in [0.25, 0.3) is 11.4 Å².